The fourth-order valence-electron chi connectivity index (χ4n) is 2.88. The smallest absolute Gasteiger partial charge is 0.378 e. The highest BCUT2D eigenvalue weighted by Crippen LogP contribution is 2.34. The molecule has 0 spiro atoms. The Hall–Kier alpha value is -2.85. The van der Waals surface area contributed by atoms with Gasteiger partial charge >= 0.3 is 6.18 Å². The number of carbonyl (C=O) groups excluding carboxylic acids is 1. The van der Waals surface area contributed by atoms with Crippen molar-refractivity contribution in [1.82, 2.24) is 0 Å². The van der Waals surface area contributed by atoms with Gasteiger partial charge in [-0.2, -0.15) is 13.2 Å². The number of amides is 1. The van der Waals surface area contributed by atoms with Gasteiger partial charge in [0.2, 0.25) is 0 Å². The lowest BCUT2D eigenvalue weighted by atomic mass is 10.1. The number of alkyl halides is 3. The van der Waals surface area contributed by atoms with Crippen LogP contribution in [-0.4, -0.2) is 37.1 Å². The molecule has 0 bridgehead atoms. The Morgan fingerprint density at radius 3 is 2.45 bits per heavy atom. The standard InChI is InChI=1S/C18H15ClF3N3O4/c19-14-9-11(18(20,21)22)1-3-15(14)23-17(26)13-10-12(25(27)28)2-4-16(13)24-5-7-29-8-6-24/h1-4,9-10H,5-8H2,(H,23,26). The number of morpholine rings is 1. The zero-order valence-electron chi connectivity index (χ0n) is 14.8. The maximum absolute atomic E-state index is 12.8. The van der Waals surface area contributed by atoms with Crippen molar-refractivity contribution in [3.05, 3.63) is 62.7 Å². The molecule has 1 saturated heterocycles. The maximum Gasteiger partial charge on any atom is 0.416 e. The molecule has 1 aliphatic heterocycles. The third-order valence-corrected chi connectivity index (χ3v) is 4.64. The lowest BCUT2D eigenvalue weighted by Crippen LogP contribution is -2.37. The predicted octanol–water partition coefficient (Wildman–Crippen LogP) is 4.36. The van der Waals surface area contributed by atoms with E-state index >= 15 is 0 Å². The minimum absolute atomic E-state index is 0.0112. The Bertz CT molecular complexity index is 946. The number of anilines is 2. The number of nitrogens with one attached hydrogen (secondary N) is 1. The van der Waals surface area contributed by atoms with Crippen molar-refractivity contribution in [2.24, 2.45) is 0 Å². The third-order valence-electron chi connectivity index (χ3n) is 4.33. The first-order valence-corrected chi connectivity index (χ1v) is 8.84. The van der Waals surface area contributed by atoms with Crippen molar-refractivity contribution >= 4 is 34.6 Å². The van der Waals surface area contributed by atoms with E-state index in [0.29, 0.717) is 38.1 Å². The topological polar surface area (TPSA) is 84.7 Å². The first-order valence-electron chi connectivity index (χ1n) is 8.46. The fraction of sp³-hybridized carbons (Fsp3) is 0.278. The number of non-ortho nitro benzene ring substituents is 1. The van der Waals surface area contributed by atoms with E-state index in [1.807, 2.05) is 4.90 Å². The van der Waals surface area contributed by atoms with Crippen LogP contribution >= 0.6 is 11.6 Å². The highest BCUT2D eigenvalue weighted by Gasteiger charge is 2.31. The van der Waals surface area contributed by atoms with E-state index < -0.39 is 22.6 Å². The van der Waals surface area contributed by atoms with Gasteiger partial charge in [-0.25, -0.2) is 0 Å². The lowest BCUT2D eigenvalue weighted by Gasteiger charge is -2.30. The van der Waals surface area contributed by atoms with Crippen LogP contribution in [0.25, 0.3) is 0 Å². The largest absolute Gasteiger partial charge is 0.416 e. The molecule has 0 unspecified atom stereocenters. The number of nitrogens with zero attached hydrogens (tertiary/aromatic N) is 2. The van der Waals surface area contributed by atoms with Crippen molar-refractivity contribution in [3.8, 4) is 0 Å². The summed E-state index contributed by atoms with van der Waals surface area (Å²) in [5.41, 5.74) is -0.809. The number of hydrogen-bond acceptors (Lipinski definition) is 5. The molecule has 3 rings (SSSR count). The first kappa shape index (κ1) is 20.9. The van der Waals surface area contributed by atoms with Crippen molar-refractivity contribution < 1.29 is 27.6 Å². The second kappa shape index (κ2) is 8.26. The number of hydrogen-bond donors (Lipinski definition) is 1. The van der Waals surface area contributed by atoms with Crippen LogP contribution in [0, 0.1) is 10.1 Å². The van der Waals surface area contributed by atoms with Gasteiger partial charge in [-0.05, 0) is 24.3 Å². The summed E-state index contributed by atoms with van der Waals surface area (Å²) in [6.07, 6.45) is -4.57. The number of nitro benzene ring substituents is 1. The summed E-state index contributed by atoms with van der Waals surface area (Å²) in [5, 5.41) is 13.3. The van der Waals surface area contributed by atoms with Crippen LogP contribution in [0.4, 0.5) is 30.2 Å². The summed E-state index contributed by atoms with van der Waals surface area (Å²) in [6.45, 7) is 1.84. The molecule has 29 heavy (non-hydrogen) atoms. The fourth-order valence-corrected chi connectivity index (χ4v) is 3.11. The molecular weight excluding hydrogens is 415 g/mol. The third kappa shape index (κ3) is 4.77. The van der Waals surface area contributed by atoms with E-state index in [1.54, 1.807) is 0 Å². The molecular formula is C18H15ClF3N3O4. The molecule has 1 amide bonds. The van der Waals surface area contributed by atoms with Gasteiger partial charge in [-0.3, -0.25) is 14.9 Å². The highest BCUT2D eigenvalue weighted by molar-refractivity contribution is 6.34. The number of rotatable bonds is 4. The van der Waals surface area contributed by atoms with Gasteiger partial charge in [0.1, 0.15) is 0 Å². The number of nitro groups is 1. The van der Waals surface area contributed by atoms with E-state index in [9.17, 15) is 28.1 Å². The van der Waals surface area contributed by atoms with E-state index in [0.717, 1.165) is 18.2 Å². The molecule has 0 radical (unpaired) electrons. The summed E-state index contributed by atoms with van der Waals surface area (Å²) in [6, 6.07) is 6.40. The van der Waals surface area contributed by atoms with Crippen LogP contribution in [0.5, 0.6) is 0 Å². The average molecular weight is 430 g/mol. The molecule has 1 aliphatic rings. The molecule has 0 aromatic heterocycles. The number of carbonyl (C=O) groups is 1. The van der Waals surface area contributed by atoms with Crippen molar-refractivity contribution in [1.29, 1.82) is 0 Å². The van der Waals surface area contributed by atoms with Gasteiger partial charge in [0.05, 0.1) is 45.7 Å². The SMILES string of the molecule is O=C(Nc1ccc(C(F)(F)F)cc1Cl)c1cc([N+](=O)[O-])ccc1N1CCOCC1. The van der Waals surface area contributed by atoms with Crippen LogP contribution in [0.3, 0.4) is 0 Å². The second-order valence-electron chi connectivity index (χ2n) is 6.20. The summed E-state index contributed by atoms with van der Waals surface area (Å²) in [7, 11) is 0. The van der Waals surface area contributed by atoms with Crippen molar-refractivity contribution in [2.75, 3.05) is 36.5 Å². The molecule has 0 atom stereocenters. The Morgan fingerprint density at radius 1 is 1.17 bits per heavy atom. The molecule has 0 saturated carbocycles. The Labute approximate surface area is 168 Å². The summed E-state index contributed by atoms with van der Waals surface area (Å²) >= 11 is 5.89. The van der Waals surface area contributed by atoms with E-state index in [-0.39, 0.29) is 22.0 Å². The summed E-state index contributed by atoms with van der Waals surface area (Å²) in [4.78, 5) is 25.1. The van der Waals surface area contributed by atoms with Gasteiger partial charge < -0.3 is 15.0 Å². The molecule has 154 valence electrons. The number of halogens is 4. The number of benzene rings is 2. The zero-order chi connectivity index (χ0) is 21.2. The maximum atomic E-state index is 12.8. The van der Waals surface area contributed by atoms with Gasteiger partial charge in [0.25, 0.3) is 11.6 Å². The monoisotopic (exact) mass is 429 g/mol. The number of ether oxygens (including phenoxy) is 1. The highest BCUT2D eigenvalue weighted by atomic mass is 35.5. The molecule has 2 aromatic rings. The van der Waals surface area contributed by atoms with Crippen LogP contribution in [-0.2, 0) is 10.9 Å². The Balaban J connectivity index is 1.93. The Kier molecular flexibility index (Phi) is 5.94. The lowest BCUT2D eigenvalue weighted by molar-refractivity contribution is -0.384. The van der Waals surface area contributed by atoms with Crippen molar-refractivity contribution in [3.63, 3.8) is 0 Å². The molecule has 2 aromatic carbocycles. The molecule has 0 aliphatic carbocycles. The van der Waals surface area contributed by atoms with Crippen LogP contribution in [0.15, 0.2) is 36.4 Å². The van der Waals surface area contributed by atoms with Crippen molar-refractivity contribution in [2.45, 2.75) is 6.18 Å². The van der Waals surface area contributed by atoms with E-state index in [1.165, 1.54) is 12.1 Å². The van der Waals surface area contributed by atoms with Crippen LogP contribution < -0.4 is 10.2 Å². The van der Waals surface area contributed by atoms with Gasteiger partial charge in [-0.1, -0.05) is 11.6 Å². The summed E-state index contributed by atoms with van der Waals surface area (Å²) in [5.74, 6) is -0.725. The van der Waals surface area contributed by atoms with Gasteiger partial charge in [0, 0.05) is 25.2 Å². The van der Waals surface area contributed by atoms with Crippen LogP contribution in [0.2, 0.25) is 5.02 Å². The normalized spacial score (nSPS) is 14.6. The molecule has 1 heterocycles. The molecule has 11 heteroatoms. The van der Waals surface area contributed by atoms with E-state index in [4.69, 9.17) is 16.3 Å². The second-order valence-corrected chi connectivity index (χ2v) is 6.61. The molecule has 1 fully saturated rings. The predicted molar refractivity (Wildman–Crippen MR) is 101 cm³/mol. The molecule has 1 N–H and O–H groups in total. The van der Waals surface area contributed by atoms with E-state index in [2.05, 4.69) is 5.32 Å². The Morgan fingerprint density at radius 2 is 1.86 bits per heavy atom. The zero-order valence-corrected chi connectivity index (χ0v) is 15.6. The minimum Gasteiger partial charge on any atom is -0.378 e. The average Bonchev–Trinajstić information content (AvgIpc) is 2.68. The van der Waals surface area contributed by atoms with Crippen LogP contribution in [0.1, 0.15) is 15.9 Å². The summed E-state index contributed by atoms with van der Waals surface area (Å²) < 4.78 is 43.6. The van der Waals surface area contributed by atoms with Gasteiger partial charge in [-0.15, -0.1) is 0 Å². The first-order chi connectivity index (χ1) is 13.7. The minimum atomic E-state index is -4.57. The molecule has 7 nitrogen and oxygen atoms in total. The quantitative estimate of drug-likeness (QED) is 0.576. The van der Waals surface area contributed by atoms with Gasteiger partial charge in [0.15, 0.2) is 0 Å².